The normalized spacial score (nSPS) is 17.9. The highest BCUT2D eigenvalue weighted by atomic mass is 32.1. The van der Waals surface area contributed by atoms with Crippen LogP contribution in [0.3, 0.4) is 0 Å². The maximum absolute atomic E-state index is 12.6. The molecule has 1 aliphatic carbocycles. The molecule has 12 heteroatoms. The highest BCUT2D eigenvalue weighted by molar-refractivity contribution is 7.15. The summed E-state index contributed by atoms with van der Waals surface area (Å²) in [5.74, 6) is 0.193. The minimum absolute atomic E-state index is 0.125. The van der Waals surface area contributed by atoms with Crippen LogP contribution in [0.15, 0.2) is 49.1 Å². The molecule has 3 atom stereocenters. The van der Waals surface area contributed by atoms with Crippen LogP contribution >= 0.6 is 22.7 Å². The molecule has 0 unspecified atom stereocenters. The van der Waals surface area contributed by atoms with Gasteiger partial charge < -0.3 is 10.6 Å². The maximum Gasteiger partial charge on any atom is 0.233 e. The molecule has 0 bridgehead atoms. The first-order valence-corrected chi connectivity index (χ1v) is 13.7. The predicted octanol–water partition coefficient (Wildman–Crippen LogP) is 4.23. The van der Waals surface area contributed by atoms with Crippen LogP contribution in [0.5, 0.6) is 0 Å². The average molecular weight is 535 g/mol. The maximum atomic E-state index is 12.6. The average Bonchev–Trinajstić information content (AvgIpc) is 3.67. The van der Waals surface area contributed by atoms with Gasteiger partial charge in [-0.15, -0.1) is 20.4 Å². The van der Waals surface area contributed by atoms with Crippen LogP contribution in [0.4, 0.5) is 10.3 Å². The second-order valence-corrected chi connectivity index (χ2v) is 11.2. The van der Waals surface area contributed by atoms with Gasteiger partial charge in [-0.05, 0) is 55.4 Å². The second kappa shape index (κ2) is 11.6. The molecule has 0 spiro atoms. The van der Waals surface area contributed by atoms with Gasteiger partial charge in [0, 0.05) is 37.1 Å². The number of carbonyl (C=O) groups excluding carboxylic acids is 2. The molecule has 0 aromatic carbocycles. The molecule has 0 radical (unpaired) electrons. The quantitative estimate of drug-likeness (QED) is 0.326. The monoisotopic (exact) mass is 534 g/mol. The SMILES string of the molecule is C[C@@H](C(=O)Nc1nnc([C@H]2CC[C@@H](Cc3nnc(NC(=O)Cc4cccnc4)s3)C2)s1)c1cccnc1. The van der Waals surface area contributed by atoms with Gasteiger partial charge in [0.25, 0.3) is 0 Å². The summed E-state index contributed by atoms with van der Waals surface area (Å²) < 4.78 is 0. The topological polar surface area (TPSA) is 136 Å². The van der Waals surface area contributed by atoms with Gasteiger partial charge >= 0.3 is 0 Å². The molecule has 5 rings (SSSR count). The highest BCUT2D eigenvalue weighted by Gasteiger charge is 2.30. The Hall–Kier alpha value is -3.64. The first kappa shape index (κ1) is 25.0. The van der Waals surface area contributed by atoms with E-state index in [1.165, 1.54) is 22.7 Å². The number of pyridine rings is 2. The Morgan fingerprint density at radius 3 is 2.54 bits per heavy atom. The van der Waals surface area contributed by atoms with Gasteiger partial charge in [0.05, 0.1) is 12.3 Å². The molecule has 1 saturated carbocycles. The lowest BCUT2D eigenvalue weighted by Gasteiger charge is -2.10. The first-order chi connectivity index (χ1) is 18.0. The highest BCUT2D eigenvalue weighted by Crippen LogP contribution is 2.41. The Balaban J connectivity index is 1.10. The summed E-state index contributed by atoms with van der Waals surface area (Å²) in [5.41, 5.74) is 1.71. The first-order valence-electron chi connectivity index (χ1n) is 12.1. The number of hydrogen-bond donors (Lipinski definition) is 2. The van der Waals surface area contributed by atoms with Crippen LogP contribution in [-0.2, 0) is 22.4 Å². The number of rotatable bonds is 9. The summed E-state index contributed by atoms with van der Waals surface area (Å²) in [6.45, 7) is 1.85. The summed E-state index contributed by atoms with van der Waals surface area (Å²) in [4.78, 5) is 33.0. The van der Waals surface area contributed by atoms with Crippen molar-refractivity contribution in [1.29, 1.82) is 0 Å². The third kappa shape index (κ3) is 6.57. The van der Waals surface area contributed by atoms with Gasteiger partial charge in [-0.1, -0.05) is 34.8 Å². The van der Waals surface area contributed by atoms with Crippen molar-refractivity contribution in [1.82, 2.24) is 30.4 Å². The van der Waals surface area contributed by atoms with Crippen LogP contribution in [0.25, 0.3) is 0 Å². The molecule has 0 saturated heterocycles. The molecule has 10 nitrogen and oxygen atoms in total. The standard InChI is InChI=1S/C25H26N8O2S2/c1-15(19-5-3-9-27-14-19)22(35)29-25-33-31-23(37-25)18-7-6-16(10-18)12-21-30-32-24(36-21)28-20(34)11-17-4-2-8-26-13-17/h2-5,8-9,13-16,18H,6-7,10-12H2,1H3,(H,28,32,34)(H,29,33,35)/t15-,16-,18+/m1/s1. The lowest BCUT2D eigenvalue weighted by atomic mass is 10.0. The second-order valence-electron chi connectivity index (χ2n) is 9.11. The minimum Gasteiger partial charge on any atom is -0.300 e. The van der Waals surface area contributed by atoms with Crippen LogP contribution < -0.4 is 10.6 Å². The Labute approximate surface area is 222 Å². The van der Waals surface area contributed by atoms with Crippen LogP contribution in [0, 0.1) is 5.92 Å². The number of nitrogens with zero attached hydrogens (tertiary/aromatic N) is 6. The molecule has 4 aromatic heterocycles. The zero-order chi connectivity index (χ0) is 25.6. The van der Waals surface area contributed by atoms with Gasteiger partial charge in [-0.3, -0.25) is 19.6 Å². The van der Waals surface area contributed by atoms with Crippen molar-refractivity contribution in [2.24, 2.45) is 5.92 Å². The Bertz CT molecular complexity index is 1350. The van der Waals surface area contributed by atoms with E-state index in [1.807, 2.05) is 31.2 Å². The molecule has 2 amide bonds. The fourth-order valence-electron chi connectivity index (χ4n) is 4.42. The fraction of sp³-hybridized carbons (Fsp3) is 0.360. The van der Waals surface area contributed by atoms with Crippen molar-refractivity contribution in [3.05, 3.63) is 70.2 Å². The van der Waals surface area contributed by atoms with Crippen LogP contribution in [-0.4, -0.2) is 42.2 Å². The molecular formula is C25H26N8O2S2. The number of hydrogen-bond acceptors (Lipinski definition) is 10. The minimum atomic E-state index is -0.325. The number of carbonyl (C=O) groups is 2. The summed E-state index contributed by atoms with van der Waals surface area (Å²) >= 11 is 2.86. The molecule has 1 aliphatic rings. The van der Waals surface area contributed by atoms with Crippen molar-refractivity contribution in [3.8, 4) is 0 Å². The largest absolute Gasteiger partial charge is 0.300 e. The Morgan fingerprint density at radius 1 is 0.973 bits per heavy atom. The Morgan fingerprint density at radius 2 is 1.76 bits per heavy atom. The van der Waals surface area contributed by atoms with E-state index >= 15 is 0 Å². The predicted molar refractivity (Wildman–Crippen MR) is 141 cm³/mol. The zero-order valence-corrected chi connectivity index (χ0v) is 21.8. The van der Waals surface area contributed by atoms with Gasteiger partial charge in [0.2, 0.25) is 22.1 Å². The van der Waals surface area contributed by atoms with Gasteiger partial charge in [0.15, 0.2) is 0 Å². The molecule has 4 heterocycles. The third-order valence-corrected chi connectivity index (χ3v) is 8.27. The van der Waals surface area contributed by atoms with E-state index in [4.69, 9.17) is 0 Å². The molecule has 2 N–H and O–H groups in total. The van der Waals surface area contributed by atoms with Gasteiger partial charge in [-0.2, -0.15) is 0 Å². The van der Waals surface area contributed by atoms with Crippen molar-refractivity contribution < 1.29 is 9.59 Å². The number of anilines is 2. The number of amides is 2. The van der Waals surface area contributed by atoms with Crippen LogP contribution in [0.1, 0.15) is 59.2 Å². The van der Waals surface area contributed by atoms with Gasteiger partial charge in [0.1, 0.15) is 10.0 Å². The van der Waals surface area contributed by atoms with Crippen molar-refractivity contribution in [2.45, 2.75) is 50.9 Å². The van der Waals surface area contributed by atoms with E-state index in [1.54, 1.807) is 24.8 Å². The molecule has 0 aliphatic heterocycles. The molecule has 4 aromatic rings. The van der Waals surface area contributed by atoms with E-state index in [9.17, 15) is 9.59 Å². The smallest absolute Gasteiger partial charge is 0.233 e. The van der Waals surface area contributed by atoms with Crippen molar-refractivity contribution in [3.63, 3.8) is 0 Å². The summed E-state index contributed by atoms with van der Waals surface area (Å²) in [5, 5.41) is 25.6. The van der Waals surface area contributed by atoms with E-state index in [0.29, 0.717) is 22.1 Å². The Kier molecular flexibility index (Phi) is 7.85. The number of aromatic nitrogens is 6. The van der Waals surface area contributed by atoms with E-state index in [-0.39, 0.29) is 24.2 Å². The lowest BCUT2D eigenvalue weighted by molar-refractivity contribution is -0.117. The number of nitrogens with one attached hydrogen (secondary N) is 2. The summed E-state index contributed by atoms with van der Waals surface area (Å²) in [6, 6.07) is 7.38. The molecule has 37 heavy (non-hydrogen) atoms. The van der Waals surface area contributed by atoms with Gasteiger partial charge in [-0.25, -0.2) is 0 Å². The van der Waals surface area contributed by atoms with Crippen molar-refractivity contribution in [2.75, 3.05) is 10.6 Å². The zero-order valence-electron chi connectivity index (χ0n) is 20.2. The third-order valence-electron chi connectivity index (χ3n) is 6.40. The summed E-state index contributed by atoms with van der Waals surface area (Å²) in [7, 11) is 0. The van der Waals surface area contributed by atoms with Crippen molar-refractivity contribution >= 4 is 44.8 Å². The fourth-order valence-corrected chi connectivity index (χ4v) is 6.18. The van der Waals surface area contributed by atoms with E-state index < -0.39 is 0 Å². The lowest BCUT2D eigenvalue weighted by Crippen LogP contribution is -2.18. The molecular weight excluding hydrogens is 508 g/mol. The van der Waals surface area contributed by atoms with Crippen LogP contribution in [0.2, 0.25) is 0 Å². The van der Waals surface area contributed by atoms with E-state index in [2.05, 4.69) is 41.0 Å². The summed E-state index contributed by atoms with van der Waals surface area (Å²) in [6.07, 6.45) is 10.9. The van der Waals surface area contributed by atoms with E-state index in [0.717, 1.165) is 46.8 Å². The molecule has 1 fully saturated rings. The molecule has 190 valence electrons.